The summed E-state index contributed by atoms with van der Waals surface area (Å²) in [6.07, 6.45) is 7.47. The van der Waals surface area contributed by atoms with Crippen molar-refractivity contribution < 1.29 is 18.9 Å². The second-order valence-electron chi connectivity index (χ2n) is 8.41. The Kier molecular flexibility index (Phi) is 10.3. The van der Waals surface area contributed by atoms with Gasteiger partial charge in [-0.15, -0.1) is 0 Å². The molecule has 0 saturated carbocycles. The van der Waals surface area contributed by atoms with E-state index < -0.39 is 0 Å². The van der Waals surface area contributed by atoms with Crippen molar-refractivity contribution in [2.45, 2.75) is 59.3 Å². The van der Waals surface area contributed by atoms with Crippen LogP contribution < -0.4 is 4.74 Å². The summed E-state index contributed by atoms with van der Waals surface area (Å²) in [4.78, 5) is 0. The number of para-hydroxylation sites is 1. The fourth-order valence-corrected chi connectivity index (χ4v) is 3.23. The van der Waals surface area contributed by atoms with Crippen LogP contribution in [0.1, 0.15) is 59.3 Å². The van der Waals surface area contributed by atoms with Gasteiger partial charge in [-0.25, -0.2) is 0 Å². The third kappa shape index (κ3) is 7.38. The van der Waals surface area contributed by atoms with Gasteiger partial charge in [0.05, 0.1) is 45.1 Å². The van der Waals surface area contributed by atoms with E-state index in [0.717, 1.165) is 58.4 Å². The van der Waals surface area contributed by atoms with Crippen LogP contribution in [-0.4, -0.2) is 46.2 Å². The second-order valence-corrected chi connectivity index (χ2v) is 8.41. The van der Waals surface area contributed by atoms with Crippen LogP contribution >= 0.6 is 0 Å². The van der Waals surface area contributed by atoms with Crippen molar-refractivity contribution >= 4 is 0 Å². The van der Waals surface area contributed by atoms with E-state index in [1.54, 1.807) is 0 Å². The van der Waals surface area contributed by atoms with E-state index in [4.69, 9.17) is 18.9 Å². The summed E-state index contributed by atoms with van der Waals surface area (Å²) in [7, 11) is 0. The zero-order valence-corrected chi connectivity index (χ0v) is 18.2. The topological polar surface area (TPSA) is 36.9 Å². The number of rotatable bonds is 12. The van der Waals surface area contributed by atoms with E-state index in [2.05, 4.69) is 20.8 Å². The van der Waals surface area contributed by atoms with E-state index in [9.17, 15) is 0 Å². The van der Waals surface area contributed by atoms with Crippen molar-refractivity contribution in [3.05, 3.63) is 30.3 Å². The lowest BCUT2D eigenvalue weighted by Crippen LogP contribution is -2.46. The number of unbranched alkanes of at least 4 members (excludes halogenated alkanes) is 3. The van der Waals surface area contributed by atoms with Gasteiger partial charge in [-0.05, 0) is 31.4 Å². The third-order valence-corrected chi connectivity index (χ3v) is 5.97. The highest BCUT2D eigenvalue weighted by atomic mass is 16.5. The first-order valence-electron chi connectivity index (χ1n) is 11.1. The lowest BCUT2D eigenvalue weighted by molar-refractivity contribution is -0.150. The number of benzene rings is 1. The van der Waals surface area contributed by atoms with Crippen LogP contribution in [-0.2, 0) is 14.2 Å². The third-order valence-electron chi connectivity index (χ3n) is 5.97. The van der Waals surface area contributed by atoms with Gasteiger partial charge in [0, 0.05) is 12.0 Å². The molecule has 0 aliphatic carbocycles. The van der Waals surface area contributed by atoms with Crippen LogP contribution in [0.15, 0.2) is 30.3 Å². The molecule has 2 fully saturated rings. The molecule has 4 heteroatoms. The molecule has 0 radical (unpaired) electrons. The molecular formula is C24H40O4. The lowest BCUT2D eigenvalue weighted by Gasteiger charge is -2.40. The van der Waals surface area contributed by atoms with Gasteiger partial charge in [-0.1, -0.05) is 58.2 Å². The van der Waals surface area contributed by atoms with E-state index in [0.29, 0.717) is 5.41 Å². The normalized spacial score (nSPS) is 19.0. The summed E-state index contributed by atoms with van der Waals surface area (Å²) in [5, 5.41) is 0. The van der Waals surface area contributed by atoms with Gasteiger partial charge in [0.1, 0.15) is 5.75 Å². The van der Waals surface area contributed by atoms with Gasteiger partial charge in [-0.2, -0.15) is 0 Å². The SMILES string of the molecule is CCC1(COc2ccccc2)COC1.CCCCCCOCC1(CC)COC1. The van der Waals surface area contributed by atoms with Crippen molar-refractivity contribution in [2.24, 2.45) is 10.8 Å². The fourth-order valence-electron chi connectivity index (χ4n) is 3.23. The molecule has 160 valence electrons. The van der Waals surface area contributed by atoms with Crippen LogP contribution in [0.25, 0.3) is 0 Å². The highest BCUT2D eigenvalue weighted by Crippen LogP contribution is 2.32. The molecule has 2 aliphatic rings. The van der Waals surface area contributed by atoms with Crippen molar-refractivity contribution in [3.63, 3.8) is 0 Å². The van der Waals surface area contributed by atoms with Crippen molar-refractivity contribution in [1.82, 2.24) is 0 Å². The first-order chi connectivity index (χ1) is 13.7. The summed E-state index contributed by atoms with van der Waals surface area (Å²) in [6, 6.07) is 9.96. The molecule has 0 amide bonds. The van der Waals surface area contributed by atoms with Gasteiger partial charge in [0.15, 0.2) is 0 Å². The van der Waals surface area contributed by atoms with Crippen molar-refractivity contribution in [3.8, 4) is 5.75 Å². The fraction of sp³-hybridized carbons (Fsp3) is 0.750. The molecule has 1 aromatic rings. The predicted octanol–water partition coefficient (Wildman–Crippen LogP) is 5.50. The first kappa shape index (κ1) is 23.2. The zero-order chi connectivity index (χ0) is 20.1. The molecule has 3 rings (SSSR count). The Bertz CT molecular complexity index is 498. The largest absolute Gasteiger partial charge is 0.493 e. The van der Waals surface area contributed by atoms with E-state index in [1.165, 1.54) is 32.1 Å². The standard InChI is InChI=1S/C12H16O2.C12H24O2/c1-2-12(8-13-9-12)10-14-11-6-4-3-5-7-11;1-3-5-6-7-8-13-9-12(4-2)10-14-11-12/h3-7H,2,8-10H2,1H3;3-11H2,1-2H3. The molecule has 0 bridgehead atoms. The molecule has 0 aromatic heterocycles. The van der Waals surface area contributed by atoms with Crippen LogP contribution in [0.4, 0.5) is 0 Å². The highest BCUT2D eigenvalue weighted by molar-refractivity contribution is 5.21. The molecule has 2 aliphatic heterocycles. The molecule has 0 atom stereocenters. The molecule has 1 aromatic carbocycles. The van der Waals surface area contributed by atoms with Gasteiger partial charge in [0.25, 0.3) is 0 Å². The molecule has 4 nitrogen and oxygen atoms in total. The van der Waals surface area contributed by atoms with Crippen LogP contribution in [0.2, 0.25) is 0 Å². The maximum Gasteiger partial charge on any atom is 0.119 e. The molecule has 2 heterocycles. The Labute approximate surface area is 171 Å². The summed E-state index contributed by atoms with van der Waals surface area (Å²) < 4.78 is 21.9. The maximum atomic E-state index is 5.72. The van der Waals surface area contributed by atoms with E-state index in [-0.39, 0.29) is 5.41 Å². The van der Waals surface area contributed by atoms with Crippen LogP contribution in [0, 0.1) is 10.8 Å². The number of hydrogen-bond acceptors (Lipinski definition) is 4. The van der Waals surface area contributed by atoms with Gasteiger partial charge < -0.3 is 18.9 Å². The average molecular weight is 393 g/mol. The monoisotopic (exact) mass is 392 g/mol. The smallest absolute Gasteiger partial charge is 0.119 e. The minimum Gasteiger partial charge on any atom is -0.493 e. The maximum absolute atomic E-state index is 5.72. The Morgan fingerprint density at radius 1 is 0.786 bits per heavy atom. The molecule has 0 spiro atoms. The van der Waals surface area contributed by atoms with Crippen molar-refractivity contribution in [1.29, 1.82) is 0 Å². The number of hydrogen-bond donors (Lipinski definition) is 0. The van der Waals surface area contributed by atoms with E-state index in [1.807, 2.05) is 30.3 Å². The summed E-state index contributed by atoms with van der Waals surface area (Å²) in [6.45, 7) is 12.7. The van der Waals surface area contributed by atoms with Crippen molar-refractivity contribution in [2.75, 3.05) is 46.2 Å². The molecule has 0 N–H and O–H groups in total. The highest BCUT2D eigenvalue weighted by Gasteiger charge is 2.38. The molecule has 0 unspecified atom stereocenters. The molecule has 2 saturated heterocycles. The van der Waals surface area contributed by atoms with Gasteiger partial charge in [-0.3, -0.25) is 0 Å². The Hall–Kier alpha value is -1.10. The lowest BCUT2D eigenvalue weighted by atomic mass is 9.84. The average Bonchev–Trinajstić information content (AvgIpc) is 2.67. The van der Waals surface area contributed by atoms with E-state index >= 15 is 0 Å². The van der Waals surface area contributed by atoms with Gasteiger partial charge in [0.2, 0.25) is 0 Å². The minimum absolute atomic E-state index is 0.274. The minimum atomic E-state index is 0.274. The second kappa shape index (κ2) is 12.5. The van der Waals surface area contributed by atoms with Crippen LogP contribution in [0.3, 0.4) is 0 Å². The quantitative estimate of drug-likeness (QED) is 0.440. The van der Waals surface area contributed by atoms with Crippen LogP contribution in [0.5, 0.6) is 5.75 Å². The molecule has 28 heavy (non-hydrogen) atoms. The predicted molar refractivity (Wildman–Crippen MR) is 114 cm³/mol. The summed E-state index contributed by atoms with van der Waals surface area (Å²) in [5.74, 6) is 0.951. The first-order valence-corrected chi connectivity index (χ1v) is 11.1. The zero-order valence-electron chi connectivity index (χ0n) is 18.2. The summed E-state index contributed by atoms with van der Waals surface area (Å²) in [5.41, 5.74) is 0.639. The Balaban J connectivity index is 0.000000200. The summed E-state index contributed by atoms with van der Waals surface area (Å²) >= 11 is 0. The van der Waals surface area contributed by atoms with Gasteiger partial charge >= 0.3 is 0 Å². The Morgan fingerprint density at radius 3 is 1.89 bits per heavy atom. The Morgan fingerprint density at radius 2 is 1.39 bits per heavy atom. The molecular weight excluding hydrogens is 352 g/mol. The number of ether oxygens (including phenoxy) is 4.